The van der Waals surface area contributed by atoms with Gasteiger partial charge in [0.25, 0.3) is 0 Å². The number of nitrogens with zero attached hydrogens (tertiary/aromatic N) is 1. The van der Waals surface area contributed by atoms with Gasteiger partial charge in [-0.1, -0.05) is 19.9 Å². The Balaban J connectivity index is 2.57. The Bertz CT molecular complexity index is 518. The number of benzene rings is 1. The van der Waals surface area contributed by atoms with Crippen LogP contribution in [0.15, 0.2) is 23.2 Å². The topological polar surface area (TPSA) is 89.1 Å². The van der Waals surface area contributed by atoms with Crippen molar-refractivity contribution in [1.82, 2.24) is 5.32 Å². The number of rotatable bonds is 10. The van der Waals surface area contributed by atoms with E-state index in [1.165, 1.54) is 0 Å². The zero-order valence-electron chi connectivity index (χ0n) is 15.2. The lowest BCUT2D eigenvalue weighted by molar-refractivity contribution is 0.243. The highest BCUT2D eigenvalue weighted by molar-refractivity contribution is 5.77. The van der Waals surface area contributed by atoms with Crippen LogP contribution in [0.1, 0.15) is 32.3 Å². The van der Waals surface area contributed by atoms with Gasteiger partial charge in [0, 0.05) is 13.2 Å². The maximum Gasteiger partial charge on any atom is 0.188 e. The highest BCUT2D eigenvalue weighted by Gasteiger charge is 2.11. The summed E-state index contributed by atoms with van der Waals surface area (Å²) in [5.74, 6) is 2.77. The van der Waals surface area contributed by atoms with Crippen LogP contribution in [0.5, 0.6) is 11.5 Å². The normalized spacial score (nSPS) is 13.0. The van der Waals surface area contributed by atoms with E-state index in [0.29, 0.717) is 35.8 Å². The van der Waals surface area contributed by atoms with E-state index in [1.807, 2.05) is 18.2 Å². The molecular formula is C18H31N3O3. The Labute approximate surface area is 145 Å². The third-order valence-electron chi connectivity index (χ3n) is 3.79. The van der Waals surface area contributed by atoms with Crippen molar-refractivity contribution >= 4 is 5.96 Å². The van der Waals surface area contributed by atoms with Crippen LogP contribution in [0.4, 0.5) is 0 Å². The van der Waals surface area contributed by atoms with Crippen molar-refractivity contribution in [2.45, 2.75) is 33.2 Å². The van der Waals surface area contributed by atoms with Crippen molar-refractivity contribution in [3.63, 3.8) is 0 Å². The van der Waals surface area contributed by atoms with Crippen LogP contribution in [0.3, 0.4) is 0 Å². The number of guanidine groups is 1. The van der Waals surface area contributed by atoms with Gasteiger partial charge in [0.15, 0.2) is 17.5 Å². The van der Waals surface area contributed by atoms with Crippen molar-refractivity contribution in [2.75, 3.05) is 27.4 Å². The average molecular weight is 337 g/mol. The average Bonchev–Trinajstić information content (AvgIpc) is 2.57. The first-order valence-corrected chi connectivity index (χ1v) is 8.35. The molecule has 6 heteroatoms. The summed E-state index contributed by atoms with van der Waals surface area (Å²) in [4.78, 5) is 4.36. The molecule has 0 aromatic heterocycles. The molecule has 1 aromatic carbocycles. The van der Waals surface area contributed by atoms with Gasteiger partial charge in [0.2, 0.25) is 0 Å². The van der Waals surface area contributed by atoms with Crippen LogP contribution in [-0.2, 0) is 6.54 Å². The molecule has 0 fully saturated rings. The molecule has 0 spiro atoms. The maximum atomic E-state index is 9.15. The molecule has 0 aliphatic heterocycles. The van der Waals surface area contributed by atoms with Gasteiger partial charge in [0.05, 0.1) is 20.8 Å². The van der Waals surface area contributed by atoms with E-state index in [1.54, 1.807) is 14.2 Å². The van der Waals surface area contributed by atoms with Gasteiger partial charge in [-0.25, -0.2) is 4.99 Å². The fraction of sp³-hybridized carbons (Fsp3) is 0.611. The number of aliphatic hydroxyl groups is 1. The molecule has 0 heterocycles. The van der Waals surface area contributed by atoms with E-state index in [9.17, 15) is 0 Å². The SMILES string of the molecule is COc1ccc(CN=C(N)NCC(CCO)CC(C)C)cc1OC. The summed E-state index contributed by atoms with van der Waals surface area (Å²) >= 11 is 0. The first-order valence-electron chi connectivity index (χ1n) is 8.35. The number of methoxy groups -OCH3 is 2. The lowest BCUT2D eigenvalue weighted by Gasteiger charge is -2.18. The lowest BCUT2D eigenvalue weighted by atomic mass is 9.94. The van der Waals surface area contributed by atoms with Crippen LogP contribution < -0.4 is 20.5 Å². The van der Waals surface area contributed by atoms with Gasteiger partial charge < -0.3 is 25.6 Å². The first kappa shape index (κ1) is 20.1. The number of aliphatic imine (C=N–C) groups is 1. The van der Waals surface area contributed by atoms with Crippen LogP contribution in [0.25, 0.3) is 0 Å². The van der Waals surface area contributed by atoms with E-state index in [-0.39, 0.29) is 6.61 Å². The van der Waals surface area contributed by atoms with Gasteiger partial charge in [-0.15, -0.1) is 0 Å². The fourth-order valence-corrected chi connectivity index (χ4v) is 2.61. The molecule has 0 saturated carbocycles. The number of nitrogens with two attached hydrogens (primary N) is 1. The van der Waals surface area contributed by atoms with Gasteiger partial charge in [-0.05, 0) is 42.4 Å². The van der Waals surface area contributed by atoms with E-state index in [2.05, 4.69) is 24.2 Å². The minimum absolute atomic E-state index is 0.196. The number of nitrogens with one attached hydrogen (secondary N) is 1. The largest absolute Gasteiger partial charge is 0.493 e. The summed E-state index contributed by atoms with van der Waals surface area (Å²) in [6.07, 6.45) is 1.82. The summed E-state index contributed by atoms with van der Waals surface area (Å²) in [7, 11) is 3.22. The Kier molecular flexibility index (Phi) is 9.01. The molecular weight excluding hydrogens is 306 g/mol. The van der Waals surface area contributed by atoms with E-state index in [4.69, 9.17) is 20.3 Å². The smallest absolute Gasteiger partial charge is 0.188 e. The molecule has 24 heavy (non-hydrogen) atoms. The minimum Gasteiger partial charge on any atom is -0.493 e. The molecule has 136 valence electrons. The molecule has 1 aromatic rings. The van der Waals surface area contributed by atoms with Gasteiger partial charge >= 0.3 is 0 Å². The van der Waals surface area contributed by atoms with Crippen molar-refractivity contribution in [1.29, 1.82) is 0 Å². The molecule has 0 aliphatic carbocycles. The fourth-order valence-electron chi connectivity index (χ4n) is 2.61. The lowest BCUT2D eigenvalue weighted by Crippen LogP contribution is -2.36. The van der Waals surface area contributed by atoms with Crippen molar-refractivity contribution in [3.8, 4) is 11.5 Å². The first-order chi connectivity index (χ1) is 11.5. The zero-order valence-corrected chi connectivity index (χ0v) is 15.2. The summed E-state index contributed by atoms with van der Waals surface area (Å²) in [6.45, 7) is 5.74. The van der Waals surface area contributed by atoms with Gasteiger partial charge in [-0.3, -0.25) is 0 Å². The number of ether oxygens (including phenoxy) is 2. The Morgan fingerprint density at radius 2 is 1.96 bits per heavy atom. The predicted molar refractivity (Wildman–Crippen MR) is 97.5 cm³/mol. The van der Waals surface area contributed by atoms with Crippen molar-refractivity contribution < 1.29 is 14.6 Å². The second-order valence-electron chi connectivity index (χ2n) is 6.28. The molecule has 1 atom stereocenters. The maximum absolute atomic E-state index is 9.15. The number of aliphatic hydroxyl groups excluding tert-OH is 1. The Hall–Kier alpha value is -1.95. The molecule has 1 unspecified atom stereocenters. The summed E-state index contributed by atoms with van der Waals surface area (Å²) in [5.41, 5.74) is 6.94. The molecule has 6 nitrogen and oxygen atoms in total. The highest BCUT2D eigenvalue weighted by Crippen LogP contribution is 2.27. The Morgan fingerprint density at radius 3 is 2.54 bits per heavy atom. The summed E-state index contributed by atoms with van der Waals surface area (Å²) < 4.78 is 10.5. The summed E-state index contributed by atoms with van der Waals surface area (Å²) in [6, 6.07) is 5.68. The number of hydrogen-bond acceptors (Lipinski definition) is 4. The van der Waals surface area contributed by atoms with Crippen molar-refractivity contribution in [2.24, 2.45) is 22.6 Å². The molecule has 4 N–H and O–H groups in total. The Morgan fingerprint density at radius 1 is 1.25 bits per heavy atom. The minimum atomic E-state index is 0.196. The second-order valence-corrected chi connectivity index (χ2v) is 6.28. The van der Waals surface area contributed by atoms with Crippen LogP contribution >= 0.6 is 0 Å². The molecule has 1 rings (SSSR count). The monoisotopic (exact) mass is 337 g/mol. The standard InChI is InChI=1S/C18H31N3O3/c1-13(2)9-15(7-8-22)12-21-18(19)20-11-14-5-6-16(23-3)17(10-14)24-4/h5-6,10,13,15,22H,7-9,11-12H2,1-4H3,(H3,19,20,21). The van der Waals surface area contributed by atoms with Crippen LogP contribution in [0, 0.1) is 11.8 Å². The van der Waals surface area contributed by atoms with Crippen LogP contribution in [0.2, 0.25) is 0 Å². The van der Waals surface area contributed by atoms with E-state index >= 15 is 0 Å². The van der Waals surface area contributed by atoms with Gasteiger partial charge in [0.1, 0.15) is 0 Å². The highest BCUT2D eigenvalue weighted by atomic mass is 16.5. The second kappa shape index (κ2) is 10.8. The predicted octanol–water partition coefficient (Wildman–Crippen LogP) is 2.15. The van der Waals surface area contributed by atoms with Crippen LogP contribution in [-0.4, -0.2) is 38.4 Å². The third kappa shape index (κ3) is 7.08. The van der Waals surface area contributed by atoms with E-state index in [0.717, 1.165) is 24.9 Å². The molecule has 0 aliphatic rings. The molecule has 0 bridgehead atoms. The van der Waals surface area contributed by atoms with Crippen molar-refractivity contribution in [3.05, 3.63) is 23.8 Å². The quantitative estimate of drug-likeness (QED) is 0.450. The van der Waals surface area contributed by atoms with E-state index < -0.39 is 0 Å². The third-order valence-corrected chi connectivity index (χ3v) is 3.79. The summed E-state index contributed by atoms with van der Waals surface area (Å²) in [5, 5.41) is 12.3. The molecule has 0 saturated heterocycles. The van der Waals surface area contributed by atoms with Gasteiger partial charge in [-0.2, -0.15) is 0 Å². The number of hydrogen-bond donors (Lipinski definition) is 3. The molecule has 0 radical (unpaired) electrons. The molecule has 0 amide bonds. The zero-order chi connectivity index (χ0) is 17.9.